The summed E-state index contributed by atoms with van der Waals surface area (Å²) in [5.74, 6) is -3.82. The van der Waals surface area contributed by atoms with E-state index >= 15 is 0 Å². The highest BCUT2D eigenvalue weighted by Crippen LogP contribution is 2.62. The first-order chi connectivity index (χ1) is 16.6. The molecule has 7 nitrogen and oxygen atoms in total. The molecule has 1 aromatic carbocycles. The van der Waals surface area contributed by atoms with Gasteiger partial charge in [0.1, 0.15) is 22.8 Å². The number of aliphatic hydroxyl groups is 3. The molecule has 190 valence electrons. The number of ketones is 3. The van der Waals surface area contributed by atoms with Crippen LogP contribution in [0.15, 0.2) is 47.3 Å². The zero-order valence-corrected chi connectivity index (χ0v) is 21.2. The molecule has 1 fully saturated rings. The van der Waals surface area contributed by atoms with Gasteiger partial charge >= 0.3 is 0 Å². The number of phenolic OH excluding ortho intramolecular Hbond substituents is 1. The monoisotopic (exact) mass is 492 g/mol. The highest BCUT2D eigenvalue weighted by Gasteiger charge is 2.68. The second-order valence-corrected chi connectivity index (χ2v) is 11.2. The molecule has 3 atom stereocenters. The van der Waals surface area contributed by atoms with E-state index in [1.165, 1.54) is 6.07 Å². The van der Waals surface area contributed by atoms with Gasteiger partial charge in [-0.2, -0.15) is 0 Å². The normalized spacial score (nSPS) is 30.0. The van der Waals surface area contributed by atoms with Gasteiger partial charge in [0.25, 0.3) is 0 Å². The van der Waals surface area contributed by atoms with Gasteiger partial charge in [-0.1, -0.05) is 58.1 Å². The van der Waals surface area contributed by atoms with E-state index in [9.17, 15) is 34.8 Å². The van der Waals surface area contributed by atoms with Crippen molar-refractivity contribution >= 4 is 29.2 Å². The number of rotatable bonds is 4. The van der Waals surface area contributed by atoms with Crippen molar-refractivity contribution in [2.24, 2.45) is 16.7 Å². The molecule has 3 aliphatic carbocycles. The Balaban J connectivity index is 1.97. The SMILES string of the molecule is C=C(/C=C/c1ccc(O)c2c1C[C@]1(C)C[C@]3(C)CC(=O)C(C(C)=O)=C(O)[C@]3(O)C(=O)C1=C2O)C(C)C. The van der Waals surface area contributed by atoms with Crippen LogP contribution in [0.4, 0.5) is 0 Å². The number of carbonyl (C=O) groups is 3. The minimum absolute atomic E-state index is 0.0690. The predicted octanol–water partition coefficient (Wildman–Crippen LogP) is 4.53. The van der Waals surface area contributed by atoms with Gasteiger partial charge in [-0.15, -0.1) is 0 Å². The average Bonchev–Trinajstić information content (AvgIpc) is 2.74. The molecular formula is C29H32O7. The van der Waals surface area contributed by atoms with E-state index in [1.54, 1.807) is 19.9 Å². The highest BCUT2D eigenvalue weighted by molar-refractivity contribution is 6.23. The lowest BCUT2D eigenvalue weighted by atomic mass is 9.47. The van der Waals surface area contributed by atoms with Crippen molar-refractivity contribution in [2.45, 2.75) is 59.5 Å². The Morgan fingerprint density at radius 1 is 1.11 bits per heavy atom. The third-order valence-electron chi connectivity index (χ3n) is 8.16. The Labute approximate surface area is 210 Å². The molecule has 0 heterocycles. The summed E-state index contributed by atoms with van der Waals surface area (Å²) in [7, 11) is 0. The van der Waals surface area contributed by atoms with Crippen LogP contribution in [-0.4, -0.2) is 43.4 Å². The maximum absolute atomic E-state index is 13.9. The fourth-order valence-corrected chi connectivity index (χ4v) is 6.22. The third kappa shape index (κ3) is 3.33. The van der Waals surface area contributed by atoms with Crippen LogP contribution in [0.2, 0.25) is 0 Å². The molecule has 0 spiro atoms. The molecule has 3 aliphatic rings. The first-order valence-electron chi connectivity index (χ1n) is 12.0. The summed E-state index contributed by atoms with van der Waals surface area (Å²) in [6.45, 7) is 12.5. The number of hydrogen-bond donors (Lipinski definition) is 4. The molecule has 0 unspecified atom stereocenters. The topological polar surface area (TPSA) is 132 Å². The van der Waals surface area contributed by atoms with Crippen LogP contribution in [0.3, 0.4) is 0 Å². The van der Waals surface area contributed by atoms with E-state index < -0.39 is 50.9 Å². The Kier molecular flexibility index (Phi) is 5.72. The number of aliphatic hydroxyl groups excluding tert-OH is 2. The first kappa shape index (κ1) is 25.6. The van der Waals surface area contributed by atoms with Crippen molar-refractivity contribution in [2.75, 3.05) is 0 Å². The van der Waals surface area contributed by atoms with Gasteiger partial charge in [-0.05, 0) is 42.9 Å². The molecule has 0 saturated heterocycles. The minimum Gasteiger partial charge on any atom is -0.508 e. The molecule has 4 N–H and O–H groups in total. The first-order valence-corrected chi connectivity index (χ1v) is 12.0. The molecule has 0 bridgehead atoms. The maximum atomic E-state index is 13.9. The van der Waals surface area contributed by atoms with Crippen molar-refractivity contribution < 1.29 is 34.8 Å². The second kappa shape index (κ2) is 8.03. The van der Waals surface area contributed by atoms with E-state index in [4.69, 9.17) is 0 Å². The second-order valence-electron chi connectivity index (χ2n) is 11.2. The van der Waals surface area contributed by atoms with Gasteiger partial charge in [-0.25, -0.2) is 0 Å². The Morgan fingerprint density at radius 2 is 1.75 bits per heavy atom. The standard InChI is InChI=1S/C29H32O7/c1-14(2)15(3)7-8-17-9-10-19(31)22-18(17)11-27(5)13-28(6)12-20(32)21(16(4)30)25(34)29(28,36)26(35)23(27)24(22)33/h7-10,14,31,33-34,36H,3,11-13H2,1-2,4-6H3/b8-7+/t27-,28+,29+/m1/s1. The minimum atomic E-state index is -2.57. The van der Waals surface area contributed by atoms with Gasteiger partial charge in [0.15, 0.2) is 17.2 Å². The van der Waals surface area contributed by atoms with Crippen LogP contribution < -0.4 is 0 Å². The number of allylic oxidation sites excluding steroid dienone is 3. The van der Waals surface area contributed by atoms with Crippen molar-refractivity contribution in [3.63, 3.8) is 0 Å². The summed E-state index contributed by atoms with van der Waals surface area (Å²) in [4.78, 5) is 38.8. The van der Waals surface area contributed by atoms with Gasteiger partial charge in [0.2, 0.25) is 5.78 Å². The van der Waals surface area contributed by atoms with Crippen molar-refractivity contribution in [3.05, 3.63) is 64.0 Å². The zero-order chi connectivity index (χ0) is 27.0. The number of hydrogen-bond acceptors (Lipinski definition) is 7. The number of phenols is 1. The summed E-state index contributed by atoms with van der Waals surface area (Å²) >= 11 is 0. The van der Waals surface area contributed by atoms with Crippen LogP contribution in [0.5, 0.6) is 5.75 Å². The van der Waals surface area contributed by atoms with Gasteiger partial charge in [0.05, 0.1) is 5.56 Å². The Hall–Kier alpha value is -3.45. The highest BCUT2D eigenvalue weighted by atomic mass is 16.3. The lowest BCUT2D eigenvalue weighted by Gasteiger charge is -2.56. The molecule has 0 radical (unpaired) electrons. The fraction of sp³-hybridized carbons (Fsp3) is 0.414. The smallest absolute Gasteiger partial charge is 0.203 e. The predicted molar refractivity (Wildman–Crippen MR) is 135 cm³/mol. The number of aromatic hydroxyl groups is 1. The van der Waals surface area contributed by atoms with E-state index in [0.717, 1.165) is 18.1 Å². The van der Waals surface area contributed by atoms with Crippen LogP contribution in [0.25, 0.3) is 11.8 Å². The Bertz CT molecular complexity index is 1340. The molecule has 36 heavy (non-hydrogen) atoms. The summed E-state index contributed by atoms with van der Waals surface area (Å²) in [5.41, 5.74) is -3.39. The third-order valence-corrected chi connectivity index (χ3v) is 8.16. The number of carbonyl (C=O) groups excluding carboxylic acids is 3. The van der Waals surface area contributed by atoms with E-state index in [0.29, 0.717) is 5.56 Å². The van der Waals surface area contributed by atoms with E-state index in [1.807, 2.05) is 26.0 Å². The van der Waals surface area contributed by atoms with E-state index in [2.05, 4.69) is 6.58 Å². The summed E-state index contributed by atoms with van der Waals surface area (Å²) in [6.07, 6.45) is 3.71. The lowest BCUT2D eigenvalue weighted by Crippen LogP contribution is -2.65. The molecule has 1 aromatic rings. The summed E-state index contributed by atoms with van der Waals surface area (Å²) in [6, 6.07) is 3.15. The molecule has 0 amide bonds. The van der Waals surface area contributed by atoms with Crippen molar-refractivity contribution in [3.8, 4) is 5.75 Å². The van der Waals surface area contributed by atoms with Gasteiger partial charge in [-0.3, -0.25) is 14.4 Å². The van der Waals surface area contributed by atoms with Crippen molar-refractivity contribution in [1.82, 2.24) is 0 Å². The molecule has 1 saturated carbocycles. The molecule has 7 heteroatoms. The lowest BCUT2D eigenvalue weighted by molar-refractivity contribution is -0.164. The number of Topliss-reactive ketones (excluding diaryl/α,β-unsaturated/α-hetero) is 3. The van der Waals surface area contributed by atoms with Crippen LogP contribution in [0.1, 0.15) is 64.2 Å². The number of fused-ring (bicyclic) bond motifs is 3. The summed E-state index contributed by atoms with van der Waals surface area (Å²) < 4.78 is 0. The molecule has 4 rings (SSSR count). The number of benzene rings is 1. The van der Waals surface area contributed by atoms with Gasteiger partial charge < -0.3 is 20.4 Å². The van der Waals surface area contributed by atoms with Gasteiger partial charge in [0, 0.05) is 22.8 Å². The largest absolute Gasteiger partial charge is 0.508 e. The maximum Gasteiger partial charge on any atom is 0.203 e. The van der Waals surface area contributed by atoms with Crippen molar-refractivity contribution in [1.29, 1.82) is 0 Å². The average molecular weight is 493 g/mol. The fourth-order valence-electron chi connectivity index (χ4n) is 6.22. The molecule has 0 aliphatic heterocycles. The van der Waals surface area contributed by atoms with Crippen LogP contribution in [0, 0.1) is 16.7 Å². The van der Waals surface area contributed by atoms with E-state index in [-0.39, 0.29) is 42.1 Å². The van der Waals surface area contributed by atoms with Crippen LogP contribution in [-0.2, 0) is 20.8 Å². The quantitative estimate of drug-likeness (QED) is 0.358. The zero-order valence-electron chi connectivity index (χ0n) is 21.2. The Morgan fingerprint density at radius 3 is 2.33 bits per heavy atom. The van der Waals surface area contributed by atoms with Crippen LogP contribution >= 0.6 is 0 Å². The molecule has 0 aromatic heterocycles. The molecular weight excluding hydrogens is 460 g/mol. The summed E-state index contributed by atoms with van der Waals surface area (Å²) in [5, 5.41) is 44.6.